The van der Waals surface area contributed by atoms with Crippen LogP contribution in [0.25, 0.3) is 0 Å². The molecule has 0 bridgehead atoms. The summed E-state index contributed by atoms with van der Waals surface area (Å²) in [6.45, 7) is 2.92. The molecule has 0 aliphatic rings. The maximum absolute atomic E-state index is 12.4. The normalized spacial score (nSPS) is 10.4. The summed E-state index contributed by atoms with van der Waals surface area (Å²) in [5, 5.41) is 3.76. The number of carbonyl (C=O) groups is 1. The van der Waals surface area contributed by atoms with Gasteiger partial charge in [0.15, 0.2) is 0 Å². The zero-order valence-corrected chi connectivity index (χ0v) is 14.1. The van der Waals surface area contributed by atoms with Crippen LogP contribution in [0.15, 0.2) is 36.7 Å². The molecule has 2 aromatic rings. The fourth-order valence-corrected chi connectivity index (χ4v) is 2.44. The van der Waals surface area contributed by atoms with Crippen molar-refractivity contribution < 1.29 is 4.79 Å². The molecule has 0 radical (unpaired) electrons. The Labute approximate surface area is 144 Å². The van der Waals surface area contributed by atoms with Crippen molar-refractivity contribution >= 4 is 46.5 Å². The molecule has 2 rings (SSSR count). The van der Waals surface area contributed by atoms with Gasteiger partial charge in [-0.05, 0) is 36.8 Å². The smallest absolute Gasteiger partial charge is 0.320 e. The Kier molecular flexibility index (Phi) is 5.89. The third kappa shape index (κ3) is 4.26. The number of nitrogens with zero attached hydrogens (tertiary/aromatic N) is 2. The molecule has 7 heteroatoms. The highest BCUT2D eigenvalue weighted by Crippen LogP contribution is 2.32. The lowest BCUT2D eigenvalue weighted by Gasteiger charge is -2.22. The van der Waals surface area contributed by atoms with Crippen molar-refractivity contribution in [3.63, 3.8) is 0 Å². The van der Waals surface area contributed by atoms with E-state index in [2.05, 4.69) is 10.3 Å². The Balaban J connectivity index is 2.11. The first kappa shape index (κ1) is 16.9. The molecule has 0 unspecified atom stereocenters. The van der Waals surface area contributed by atoms with Crippen LogP contribution in [0.1, 0.15) is 12.5 Å². The zero-order chi connectivity index (χ0) is 16.1. The summed E-state index contributed by atoms with van der Waals surface area (Å²) in [7, 11) is 0. The minimum Gasteiger partial charge on any atom is -0.320 e. The molecule has 0 fully saturated rings. The molecule has 2 amide bonds. The van der Waals surface area contributed by atoms with Crippen LogP contribution in [-0.2, 0) is 6.54 Å². The highest BCUT2D eigenvalue weighted by molar-refractivity contribution is 6.44. The number of carbonyl (C=O) groups excluding carboxylic acids is 1. The topological polar surface area (TPSA) is 45.2 Å². The Hall–Kier alpha value is -1.49. The maximum Gasteiger partial charge on any atom is 0.322 e. The van der Waals surface area contributed by atoms with Crippen molar-refractivity contribution in [1.29, 1.82) is 0 Å². The highest BCUT2D eigenvalue weighted by atomic mass is 35.5. The van der Waals surface area contributed by atoms with Crippen LogP contribution in [0.2, 0.25) is 15.1 Å². The summed E-state index contributed by atoms with van der Waals surface area (Å²) in [6, 6.07) is 6.49. The van der Waals surface area contributed by atoms with E-state index in [-0.39, 0.29) is 6.03 Å². The van der Waals surface area contributed by atoms with Gasteiger partial charge in [0.25, 0.3) is 0 Å². The van der Waals surface area contributed by atoms with Gasteiger partial charge in [-0.1, -0.05) is 34.8 Å². The average Bonchev–Trinajstić information content (AvgIpc) is 2.51. The number of anilines is 1. The van der Waals surface area contributed by atoms with Gasteiger partial charge in [0.05, 0.1) is 20.8 Å². The van der Waals surface area contributed by atoms with E-state index in [4.69, 9.17) is 34.8 Å². The van der Waals surface area contributed by atoms with Gasteiger partial charge in [-0.15, -0.1) is 0 Å². The van der Waals surface area contributed by atoms with Crippen molar-refractivity contribution in [1.82, 2.24) is 9.88 Å². The molecule has 0 atom stereocenters. The van der Waals surface area contributed by atoms with E-state index in [9.17, 15) is 4.79 Å². The Morgan fingerprint density at radius 2 is 1.77 bits per heavy atom. The quantitative estimate of drug-likeness (QED) is 0.773. The monoisotopic (exact) mass is 357 g/mol. The first-order chi connectivity index (χ1) is 10.5. The largest absolute Gasteiger partial charge is 0.322 e. The molecule has 0 aliphatic heterocycles. The van der Waals surface area contributed by atoms with E-state index in [1.165, 1.54) is 12.1 Å². The number of urea groups is 1. The van der Waals surface area contributed by atoms with Gasteiger partial charge in [-0.25, -0.2) is 4.79 Å². The summed E-state index contributed by atoms with van der Waals surface area (Å²) in [6.07, 6.45) is 3.38. The number of pyridine rings is 1. The fraction of sp³-hybridized carbons (Fsp3) is 0.200. The molecule has 22 heavy (non-hydrogen) atoms. The van der Waals surface area contributed by atoms with Crippen LogP contribution in [-0.4, -0.2) is 22.5 Å². The van der Waals surface area contributed by atoms with Crippen LogP contribution >= 0.6 is 34.8 Å². The van der Waals surface area contributed by atoms with Crippen LogP contribution in [0.5, 0.6) is 0 Å². The SMILES string of the molecule is CCN(Cc1ccncc1)C(=O)Nc1cc(Cl)c(Cl)cc1Cl. The number of amides is 2. The molecule has 0 saturated carbocycles. The summed E-state index contributed by atoms with van der Waals surface area (Å²) in [5.74, 6) is 0. The molecule has 0 spiro atoms. The van der Waals surface area contributed by atoms with E-state index >= 15 is 0 Å². The van der Waals surface area contributed by atoms with E-state index in [0.717, 1.165) is 5.56 Å². The van der Waals surface area contributed by atoms with E-state index < -0.39 is 0 Å². The summed E-state index contributed by atoms with van der Waals surface area (Å²) in [5.41, 5.74) is 1.42. The van der Waals surface area contributed by atoms with Crippen LogP contribution in [0.4, 0.5) is 10.5 Å². The van der Waals surface area contributed by atoms with Crippen molar-refractivity contribution in [3.05, 3.63) is 57.3 Å². The predicted molar refractivity (Wildman–Crippen MR) is 90.8 cm³/mol. The molecule has 116 valence electrons. The molecular formula is C15H14Cl3N3O. The number of benzene rings is 1. The standard InChI is InChI=1S/C15H14Cl3N3O/c1-2-21(9-10-3-5-19-6-4-10)15(22)20-14-8-12(17)11(16)7-13(14)18/h3-8H,2,9H2,1H3,(H,20,22). The summed E-state index contributed by atoms with van der Waals surface area (Å²) < 4.78 is 0. The number of nitrogens with one attached hydrogen (secondary N) is 1. The first-order valence-electron chi connectivity index (χ1n) is 6.60. The maximum atomic E-state index is 12.4. The minimum atomic E-state index is -0.264. The number of hydrogen-bond donors (Lipinski definition) is 1. The fourth-order valence-electron chi connectivity index (χ4n) is 1.85. The van der Waals surface area contributed by atoms with Crippen LogP contribution in [0, 0.1) is 0 Å². The molecule has 1 aromatic heterocycles. The summed E-state index contributed by atoms with van der Waals surface area (Å²) in [4.78, 5) is 18.0. The second kappa shape index (κ2) is 7.68. The van der Waals surface area contributed by atoms with Crippen molar-refractivity contribution in [2.45, 2.75) is 13.5 Å². The van der Waals surface area contributed by atoms with Gasteiger partial charge in [-0.2, -0.15) is 0 Å². The summed E-state index contributed by atoms with van der Waals surface area (Å²) >= 11 is 17.9. The lowest BCUT2D eigenvalue weighted by Crippen LogP contribution is -2.34. The van der Waals surface area contributed by atoms with Crippen molar-refractivity contribution in [3.8, 4) is 0 Å². The molecular weight excluding hydrogens is 345 g/mol. The molecule has 1 N–H and O–H groups in total. The van der Waals surface area contributed by atoms with Gasteiger partial charge in [0.2, 0.25) is 0 Å². The van der Waals surface area contributed by atoms with Crippen molar-refractivity contribution in [2.75, 3.05) is 11.9 Å². The molecule has 1 aromatic carbocycles. The highest BCUT2D eigenvalue weighted by Gasteiger charge is 2.15. The third-order valence-corrected chi connectivity index (χ3v) is 4.08. The predicted octanol–water partition coefficient (Wildman–Crippen LogP) is 5.10. The number of hydrogen-bond acceptors (Lipinski definition) is 2. The van der Waals surface area contributed by atoms with E-state index in [1.807, 2.05) is 19.1 Å². The Morgan fingerprint density at radius 3 is 2.41 bits per heavy atom. The molecule has 4 nitrogen and oxygen atoms in total. The number of halogens is 3. The zero-order valence-electron chi connectivity index (χ0n) is 11.8. The average molecular weight is 359 g/mol. The molecule has 0 aliphatic carbocycles. The van der Waals surface area contributed by atoms with Crippen molar-refractivity contribution in [2.24, 2.45) is 0 Å². The Bertz CT molecular complexity index is 665. The van der Waals surface area contributed by atoms with Gasteiger partial charge in [0, 0.05) is 25.5 Å². The van der Waals surface area contributed by atoms with Crippen LogP contribution in [0.3, 0.4) is 0 Å². The number of rotatable bonds is 4. The number of aromatic nitrogens is 1. The van der Waals surface area contributed by atoms with Gasteiger partial charge < -0.3 is 10.2 Å². The minimum absolute atomic E-state index is 0.264. The van der Waals surface area contributed by atoms with Crippen LogP contribution < -0.4 is 5.32 Å². The molecule has 1 heterocycles. The van der Waals surface area contributed by atoms with Gasteiger partial charge >= 0.3 is 6.03 Å². The molecule has 0 saturated heterocycles. The van der Waals surface area contributed by atoms with E-state index in [0.29, 0.717) is 33.8 Å². The van der Waals surface area contributed by atoms with Gasteiger partial charge in [0.1, 0.15) is 0 Å². The first-order valence-corrected chi connectivity index (χ1v) is 7.74. The second-order valence-corrected chi connectivity index (χ2v) is 5.77. The van der Waals surface area contributed by atoms with Gasteiger partial charge in [-0.3, -0.25) is 4.98 Å². The third-order valence-electron chi connectivity index (χ3n) is 3.04. The second-order valence-electron chi connectivity index (χ2n) is 4.55. The Morgan fingerprint density at radius 1 is 1.14 bits per heavy atom. The van der Waals surface area contributed by atoms with E-state index in [1.54, 1.807) is 17.3 Å². The lowest BCUT2D eigenvalue weighted by atomic mass is 10.2. The lowest BCUT2D eigenvalue weighted by molar-refractivity contribution is 0.212.